The predicted molar refractivity (Wildman–Crippen MR) is 136 cm³/mol. The maximum absolute atomic E-state index is 12.6. The van der Waals surface area contributed by atoms with E-state index in [2.05, 4.69) is 39.4 Å². The van der Waals surface area contributed by atoms with Gasteiger partial charge in [-0.1, -0.05) is 42.5 Å². The van der Waals surface area contributed by atoms with Crippen LogP contribution in [0.1, 0.15) is 24.8 Å². The second-order valence-electron chi connectivity index (χ2n) is 9.58. The third-order valence-electron chi connectivity index (χ3n) is 7.30. The summed E-state index contributed by atoms with van der Waals surface area (Å²) < 4.78 is 0. The summed E-state index contributed by atoms with van der Waals surface area (Å²) in [7, 11) is 0. The molecule has 7 nitrogen and oxygen atoms in total. The molecule has 2 heterocycles. The first-order chi connectivity index (χ1) is 17.1. The lowest BCUT2D eigenvalue weighted by Gasteiger charge is -2.36. The van der Waals surface area contributed by atoms with E-state index in [-0.39, 0.29) is 42.5 Å². The van der Waals surface area contributed by atoms with Crippen molar-refractivity contribution in [2.75, 3.05) is 42.9 Å². The van der Waals surface area contributed by atoms with E-state index in [9.17, 15) is 14.4 Å². The van der Waals surface area contributed by atoms with Crippen molar-refractivity contribution < 1.29 is 14.4 Å². The highest BCUT2D eigenvalue weighted by atomic mass is 16.2. The molecule has 0 unspecified atom stereocenters. The molecule has 2 aromatic rings. The van der Waals surface area contributed by atoms with E-state index in [1.165, 1.54) is 10.5 Å². The summed E-state index contributed by atoms with van der Waals surface area (Å²) in [6, 6.07) is 18.5. The fraction of sp³-hybridized carbons (Fsp3) is 0.393. The van der Waals surface area contributed by atoms with Crippen LogP contribution in [0.25, 0.3) is 0 Å². The highest BCUT2D eigenvalue weighted by molar-refractivity contribution is 6.05. The molecule has 2 saturated heterocycles. The first-order valence-corrected chi connectivity index (χ1v) is 12.5. The molecule has 1 aliphatic carbocycles. The van der Waals surface area contributed by atoms with Crippen LogP contribution < -0.4 is 10.2 Å². The van der Waals surface area contributed by atoms with Crippen LogP contribution in [0, 0.1) is 11.8 Å². The molecule has 2 aromatic carbocycles. The summed E-state index contributed by atoms with van der Waals surface area (Å²) in [6.07, 6.45) is 5.28. The molecular weight excluding hydrogens is 440 g/mol. The third kappa shape index (κ3) is 5.30. The minimum atomic E-state index is -0.247. The van der Waals surface area contributed by atoms with Crippen molar-refractivity contribution >= 4 is 29.1 Å². The van der Waals surface area contributed by atoms with Gasteiger partial charge in [-0.05, 0) is 42.7 Å². The van der Waals surface area contributed by atoms with Crippen molar-refractivity contribution in [3.05, 3.63) is 72.3 Å². The van der Waals surface area contributed by atoms with Gasteiger partial charge in [0.2, 0.25) is 17.7 Å². The molecule has 182 valence electrons. The number of nitrogens with zero attached hydrogens (tertiary/aromatic N) is 3. The van der Waals surface area contributed by atoms with Crippen LogP contribution in [-0.4, -0.2) is 60.2 Å². The van der Waals surface area contributed by atoms with Crippen LogP contribution >= 0.6 is 0 Å². The monoisotopic (exact) mass is 472 g/mol. The molecule has 35 heavy (non-hydrogen) atoms. The fourth-order valence-electron chi connectivity index (χ4n) is 5.29. The number of imide groups is 1. The predicted octanol–water partition coefficient (Wildman–Crippen LogP) is 3.29. The first-order valence-electron chi connectivity index (χ1n) is 12.5. The molecule has 0 saturated carbocycles. The number of rotatable bonds is 7. The Morgan fingerprint density at radius 1 is 0.829 bits per heavy atom. The number of carbonyl (C=O) groups is 3. The Hall–Kier alpha value is -3.45. The van der Waals surface area contributed by atoms with Crippen molar-refractivity contribution in [2.45, 2.75) is 25.8 Å². The number of likely N-dealkylation sites (tertiary alicyclic amines) is 1. The van der Waals surface area contributed by atoms with Crippen LogP contribution in [0.15, 0.2) is 66.7 Å². The van der Waals surface area contributed by atoms with Gasteiger partial charge in [-0.25, -0.2) is 0 Å². The number of amides is 3. The summed E-state index contributed by atoms with van der Waals surface area (Å²) >= 11 is 0. The van der Waals surface area contributed by atoms with Crippen molar-refractivity contribution in [3.8, 4) is 0 Å². The maximum atomic E-state index is 12.6. The lowest BCUT2D eigenvalue weighted by Crippen LogP contribution is -2.45. The molecule has 1 N–H and O–H groups in total. The molecule has 5 rings (SSSR count). The molecule has 0 aromatic heterocycles. The van der Waals surface area contributed by atoms with E-state index in [4.69, 9.17) is 0 Å². The Labute approximate surface area is 206 Å². The van der Waals surface area contributed by atoms with Gasteiger partial charge in [0.05, 0.1) is 11.8 Å². The number of benzene rings is 2. The molecule has 0 spiro atoms. The van der Waals surface area contributed by atoms with Crippen molar-refractivity contribution in [1.29, 1.82) is 0 Å². The van der Waals surface area contributed by atoms with Gasteiger partial charge in [0.1, 0.15) is 0 Å². The van der Waals surface area contributed by atoms with E-state index in [1.807, 2.05) is 42.5 Å². The van der Waals surface area contributed by atoms with Gasteiger partial charge in [0.25, 0.3) is 0 Å². The molecule has 2 fully saturated rings. The number of piperazine rings is 1. The molecular formula is C28H32N4O3. The number of nitrogens with one attached hydrogen (secondary N) is 1. The van der Waals surface area contributed by atoms with Gasteiger partial charge in [0, 0.05) is 57.1 Å². The first kappa shape index (κ1) is 23.3. The number of anilines is 2. The number of hydrogen-bond acceptors (Lipinski definition) is 5. The smallest absolute Gasteiger partial charge is 0.233 e. The minimum absolute atomic E-state index is 0.107. The van der Waals surface area contributed by atoms with Crippen LogP contribution in [0.5, 0.6) is 0 Å². The normalized spacial score (nSPS) is 22.4. The van der Waals surface area contributed by atoms with Gasteiger partial charge in [-0.2, -0.15) is 0 Å². The Bertz CT molecular complexity index is 1060. The average molecular weight is 473 g/mol. The maximum Gasteiger partial charge on any atom is 0.233 e. The Kier molecular flexibility index (Phi) is 6.95. The molecule has 0 radical (unpaired) electrons. The number of carbonyl (C=O) groups excluding carboxylic acids is 3. The lowest BCUT2D eigenvalue weighted by molar-refractivity contribution is -0.140. The minimum Gasteiger partial charge on any atom is -0.369 e. The summed E-state index contributed by atoms with van der Waals surface area (Å²) in [5, 5.41) is 2.90. The van der Waals surface area contributed by atoms with E-state index < -0.39 is 0 Å². The largest absolute Gasteiger partial charge is 0.369 e. The zero-order chi connectivity index (χ0) is 24.2. The van der Waals surface area contributed by atoms with Crippen molar-refractivity contribution in [3.63, 3.8) is 0 Å². The van der Waals surface area contributed by atoms with Gasteiger partial charge >= 0.3 is 0 Å². The second kappa shape index (κ2) is 10.4. The van der Waals surface area contributed by atoms with Crippen LogP contribution in [0.3, 0.4) is 0 Å². The lowest BCUT2D eigenvalue weighted by atomic mass is 9.85. The van der Waals surface area contributed by atoms with Crippen LogP contribution in [0.2, 0.25) is 0 Å². The molecule has 2 atom stereocenters. The number of hydrogen-bond donors (Lipinski definition) is 1. The van der Waals surface area contributed by atoms with Crippen molar-refractivity contribution in [2.24, 2.45) is 11.8 Å². The van der Waals surface area contributed by atoms with Gasteiger partial charge < -0.3 is 10.2 Å². The van der Waals surface area contributed by atoms with E-state index in [0.717, 1.165) is 44.1 Å². The zero-order valence-electron chi connectivity index (χ0n) is 19.9. The summed E-state index contributed by atoms with van der Waals surface area (Å²) in [6.45, 7) is 5.08. The molecule has 7 heteroatoms. The van der Waals surface area contributed by atoms with Gasteiger partial charge in [-0.15, -0.1) is 0 Å². The molecule has 2 aliphatic heterocycles. The van der Waals surface area contributed by atoms with Crippen molar-refractivity contribution in [1.82, 2.24) is 9.80 Å². The Morgan fingerprint density at radius 2 is 1.46 bits per heavy atom. The quantitative estimate of drug-likeness (QED) is 0.495. The van der Waals surface area contributed by atoms with Crippen LogP contribution in [-0.2, 0) is 20.9 Å². The number of allylic oxidation sites excluding steroid dienone is 2. The Morgan fingerprint density at radius 3 is 2.09 bits per heavy atom. The van der Waals surface area contributed by atoms with Crippen LogP contribution in [0.4, 0.5) is 11.4 Å². The van der Waals surface area contributed by atoms with E-state index in [0.29, 0.717) is 12.8 Å². The topological polar surface area (TPSA) is 73.0 Å². The zero-order valence-corrected chi connectivity index (χ0v) is 19.9. The number of fused-ring (bicyclic) bond motifs is 1. The standard InChI is InChI=1S/C28H32N4O3/c33-26(14-15-32-27(34)24-8-4-5-9-25(24)28(32)35)29-22-10-12-23(13-11-22)31-18-16-30(17-19-31)20-21-6-2-1-3-7-21/h1-7,10-13,24-25H,8-9,14-20H2,(H,29,33)/t24-,25-/m0/s1. The fourth-order valence-corrected chi connectivity index (χ4v) is 5.29. The average Bonchev–Trinajstić information content (AvgIpc) is 3.14. The van der Waals surface area contributed by atoms with E-state index >= 15 is 0 Å². The van der Waals surface area contributed by atoms with E-state index in [1.54, 1.807) is 0 Å². The summed E-state index contributed by atoms with van der Waals surface area (Å²) in [4.78, 5) is 43.7. The highest BCUT2D eigenvalue weighted by Gasteiger charge is 2.46. The molecule has 3 amide bonds. The summed E-state index contributed by atoms with van der Waals surface area (Å²) in [5.41, 5.74) is 3.21. The molecule has 3 aliphatic rings. The SMILES string of the molecule is O=C(CCN1C(=O)[C@H]2CC=CC[C@@H]2C1=O)Nc1ccc(N2CCN(Cc3ccccc3)CC2)cc1. The molecule has 0 bridgehead atoms. The third-order valence-corrected chi connectivity index (χ3v) is 7.30. The second-order valence-corrected chi connectivity index (χ2v) is 9.58. The highest BCUT2D eigenvalue weighted by Crippen LogP contribution is 2.35. The van der Waals surface area contributed by atoms with Gasteiger partial charge in [-0.3, -0.25) is 24.2 Å². The van der Waals surface area contributed by atoms with Gasteiger partial charge in [0.15, 0.2) is 0 Å². The Balaban J connectivity index is 1.07. The summed E-state index contributed by atoms with van der Waals surface area (Å²) in [5.74, 6) is -0.955.